The minimum atomic E-state index is -0.840. The third-order valence-electron chi connectivity index (χ3n) is 3.58. The number of hydrogen-bond acceptors (Lipinski definition) is 4. The Morgan fingerprint density at radius 3 is 2.68 bits per heavy atom. The van der Waals surface area contributed by atoms with Crippen molar-refractivity contribution in [2.45, 2.75) is 25.9 Å². The van der Waals surface area contributed by atoms with E-state index in [0.29, 0.717) is 12.0 Å². The van der Waals surface area contributed by atoms with Crippen LogP contribution in [0.15, 0.2) is 18.2 Å². The standard InChI is InChI=1S/C13H16N2O4/c1-3-13(17)7-14(8-13)12(16)11-9(2)5-4-6-10(11)15(18)19/h4-6,17H,3,7-8H2,1-2H3. The van der Waals surface area contributed by atoms with Gasteiger partial charge in [-0.1, -0.05) is 19.1 Å². The van der Waals surface area contributed by atoms with Crippen molar-refractivity contribution >= 4 is 11.6 Å². The number of amides is 1. The van der Waals surface area contributed by atoms with Crippen molar-refractivity contribution in [1.29, 1.82) is 0 Å². The van der Waals surface area contributed by atoms with Crippen molar-refractivity contribution in [1.82, 2.24) is 4.90 Å². The number of benzene rings is 1. The minimum Gasteiger partial charge on any atom is -0.386 e. The van der Waals surface area contributed by atoms with Gasteiger partial charge in [0.2, 0.25) is 0 Å². The van der Waals surface area contributed by atoms with Gasteiger partial charge in [-0.3, -0.25) is 14.9 Å². The number of aryl methyl sites for hydroxylation is 1. The summed E-state index contributed by atoms with van der Waals surface area (Å²) in [6, 6.07) is 4.56. The maximum Gasteiger partial charge on any atom is 0.282 e. The molecule has 1 aromatic rings. The Hall–Kier alpha value is -1.95. The average Bonchev–Trinajstić information content (AvgIpc) is 2.33. The number of carbonyl (C=O) groups is 1. The van der Waals surface area contributed by atoms with E-state index in [1.54, 1.807) is 19.1 Å². The van der Waals surface area contributed by atoms with E-state index >= 15 is 0 Å². The molecule has 0 aromatic heterocycles. The van der Waals surface area contributed by atoms with Crippen LogP contribution in [-0.2, 0) is 0 Å². The molecule has 0 radical (unpaired) electrons. The summed E-state index contributed by atoms with van der Waals surface area (Å²) >= 11 is 0. The second-order valence-electron chi connectivity index (χ2n) is 4.97. The van der Waals surface area contributed by atoms with Crippen LogP contribution in [0.2, 0.25) is 0 Å². The number of nitro benzene ring substituents is 1. The molecule has 2 rings (SSSR count). The molecular formula is C13H16N2O4. The number of rotatable bonds is 3. The predicted molar refractivity (Wildman–Crippen MR) is 69.0 cm³/mol. The van der Waals surface area contributed by atoms with Crippen LogP contribution in [0.3, 0.4) is 0 Å². The van der Waals surface area contributed by atoms with E-state index < -0.39 is 10.5 Å². The molecule has 0 spiro atoms. The lowest BCUT2D eigenvalue weighted by Crippen LogP contribution is -2.63. The molecule has 0 saturated carbocycles. The van der Waals surface area contributed by atoms with Gasteiger partial charge in [-0.15, -0.1) is 0 Å². The van der Waals surface area contributed by atoms with Crippen LogP contribution in [0, 0.1) is 17.0 Å². The van der Waals surface area contributed by atoms with Crippen molar-refractivity contribution in [3.05, 3.63) is 39.4 Å². The summed E-state index contributed by atoms with van der Waals surface area (Å²) < 4.78 is 0. The first-order valence-electron chi connectivity index (χ1n) is 6.13. The van der Waals surface area contributed by atoms with E-state index in [1.807, 2.05) is 6.92 Å². The number of nitrogens with zero attached hydrogens (tertiary/aromatic N) is 2. The fraction of sp³-hybridized carbons (Fsp3) is 0.462. The molecule has 1 fully saturated rings. The minimum absolute atomic E-state index is 0.116. The van der Waals surface area contributed by atoms with Gasteiger partial charge < -0.3 is 10.0 Å². The van der Waals surface area contributed by atoms with E-state index in [1.165, 1.54) is 11.0 Å². The van der Waals surface area contributed by atoms with E-state index in [-0.39, 0.29) is 30.2 Å². The van der Waals surface area contributed by atoms with Gasteiger partial charge >= 0.3 is 0 Å². The smallest absolute Gasteiger partial charge is 0.282 e. The molecule has 1 aliphatic rings. The zero-order chi connectivity index (χ0) is 14.2. The third kappa shape index (κ3) is 2.31. The zero-order valence-corrected chi connectivity index (χ0v) is 10.9. The zero-order valence-electron chi connectivity index (χ0n) is 10.9. The summed E-state index contributed by atoms with van der Waals surface area (Å²) in [5, 5.41) is 20.9. The largest absolute Gasteiger partial charge is 0.386 e. The summed E-state index contributed by atoms with van der Waals surface area (Å²) in [5.41, 5.74) is -0.332. The van der Waals surface area contributed by atoms with E-state index in [0.717, 1.165) is 0 Å². The van der Waals surface area contributed by atoms with Gasteiger partial charge in [-0.05, 0) is 18.9 Å². The number of carbonyl (C=O) groups excluding carboxylic acids is 1. The van der Waals surface area contributed by atoms with Gasteiger partial charge in [0.1, 0.15) is 5.56 Å². The molecule has 19 heavy (non-hydrogen) atoms. The summed E-state index contributed by atoms with van der Waals surface area (Å²) in [5.74, 6) is -0.386. The molecule has 0 bridgehead atoms. The lowest BCUT2D eigenvalue weighted by molar-refractivity contribution is -0.385. The molecule has 6 nitrogen and oxygen atoms in total. The van der Waals surface area contributed by atoms with Gasteiger partial charge in [0.15, 0.2) is 0 Å². The number of likely N-dealkylation sites (tertiary alicyclic amines) is 1. The Balaban J connectivity index is 2.28. The van der Waals surface area contributed by atoms with Crippen LogP contribution in [0.5, 0.6) is 0 Å². The lowest BCUT2D eigenvalue weighted by atomic mass is 9.90. The molecule has 1 heterocycles. The monoisotopic (exact) mass is 264 g/mol. The highest BCUT2D eigenvalue weighted by molar-refractivity contribution is 6.00. The van der Waals surface area contributed by atoms with Crippen LogP contribution in [0.1, 0.15) is 29.3 Å². The Morgan fingerprint density at radius 1 is 1.53 bits per heavy atom. The Morgan fingerprint density at radius 2 is 2.16 bits per heavy atom. The van der Waals surface area contributed by atoms with E-state index in [4.69, 9.17) is 0 Å². The molecule has 1 aromatic carbocycles. The second-order valence-corrected chi connectivity index (χ2v) is 4.97. The maximum absolute atomic E-state index is 12.3. The third-order valence-corrected chi connectivity index (χ3v) is 3.58. The molecular weight excluding hydrogens is 248 g/mol. The van der Waals surface area contributed by atoms with Gasteiger partial charge in [-0.2, -0.15) is 0 Å². The van der Waals surface area contributed by atoms with Crippen LogP contribution in [-0.4, -0.2) is 39.5 Å². The first-order chi connectivity index (χ1) is 8.88. The van der Waals surface area contributed by atoms with Crippen molar-refractivity contribution < 1.29 is 14.8 Å². The Kier molecular flexibility index (Phi) is 3.28. The SMILES string of the molecule is CCC1(O)CN(C(=O)c2c(C)cccc2[N+](=O)[O-])C1. The van der Waals surface area contributed by atoms with Crippen molar-refractivity contribution in [3.63, 3.8) is 0 Å². The Labute approximate surface area is 110 Å². The van der Waals surface area contributed by atoms with E-state index in [9.17, 15) is 20.0 Å². The molecule has 0 atom stereocenters. The van der Waals surface area contributed by atoms with Crippen LogP contribution >= 0.6 is 0 Å². The van der Waals surface area contributed by atoms with Crippen molar-refractivity contribution in [2.75, 3.05) is 13.1 Å². The van der Waals surface area contributed by atoms with Gasteiger partial charge in [-0.25, -0.2) is 0 Å². The summed E-state index contributed by atoms with van der Waals surface area (Å²) in [7, 11) is 0. The molecule has 6 heteroatoms. The highest BCUT2D eigenvalue weighted by atomic mass is 16.6. The summed E-state index contributed by atoms with van der Waals surface area (Å²) in [4.78, 5) is 24.2. The van der Waals surface area contributed by atoms with Gasteiger partial charge in [0.25, 0.3) is 11.6 Å². The Bertz CT molecular complexity index is 535. The lowest BCUT2D eigenvalue weighted by Gasteiger charge is -2.46. The van der Waals surface area contributed by atoms with Crippen LogP contribution in [0.4, 0.5) is 5.69 Å². The highest BCUT2D eigenvalue weighted by Gasteiger charge is 2.43. The number of nitro groups is 1. The summed E-state index contributed by atoms with van der Waals surface area (Å²) in [6.45, 7) is 3.98. The van der Waals surface area contributed by atoms with Gasteiger partial charge in [0, 0.05) is 6.07 Å². The molecule has 1 N–H and O–H groups in total. The fourth-order valence-electron chi connectivity index (χ4n) is 2.27. The van der Waals surface area contributed by atoms with Crippen LogP contribution < -0.4 is 0 Å². The second kappa shape index (κ2) is 4.62. The molecule has 1 aliphatic heterocycles. The molecule has 0 aliphatic carbocycles. The van der Waals surface area contributed by atoms with Gasteiger partial charge in [0.05, 0.1) is 23.6 Å². The number of β-amino-alcohol motifs (C(OH)–C–C–N with tert-alkyl or cyclic N) is 1. The van der Waals surface area contributed by atoms with Crippen LogP contribution in [0.25, 0.3) is 0 Å². The number of aliphatic hydroxyl groups is 1. The number of hydrogen-bond donors (Lipinski definition) is 1. The molecule has 1 saturated heterocycles. The fourth-order valence-corrected chi connectivity index (χ4v) is 2.27. The van der Waals surface area contributed by atoms with E-state index in [2.05, 4.69) is 0 Å². The van der Waals surface area contributed by atoms with Crippen molar-refractivity contribution in [2.24, 2.45) is 0 Å². The molecule has 0 unspecified atom stereocenters. The maximum atomic E-state index is 12.3. The molecule has 1 amide bonds. The normalized spacial score (nSPS) is 16.9. The average molecular weight is 264 g/mol. The molecule has 102 valence electrons. The first kappa shape index (κ1) is 13.5. The quantitative estimate of drug-likeness (QED) is 0.662. The topological polar surface area (TPSA) is 83.7 Å². The first-order valence-corrected chi connectivity index (χ1v) is 6.13. The summed E-state index contributed by atoms with van der Waals surface area (Å²) in [6.07, 6.45) is 0.562. The highest BCUT2D eigenvalue weighted by Crippen LogP contribution is 2.29. The predicted octanol–water partition coefficient (Wildman–Crippen LogP) is 1.50. The van der Waals surface area contributed by atoms with Crippen molar-refractivity contribution in [3.8, 4) is 0 Å².